The lowest BCUT2D eigenvalue weighted by atomic mass is 10.1. The zero-order valence-electron chi connectivity index (χ0n) is 9.41. The highest BCUT2D eigenvalue weighted by Gasteiger charge is 2.44. The van der Waals surface area contributed by atoms with E-state index in [0.29, 0.717) is 5.02 Å². The Balaban J connectivity index is 3.29. The first-order chi connectivity index (χ1) is 7.72. The van der Waals surface area contributed by atoms with Gasteiger partial charge in [-0.1, -0.05) is 42.3 Å². The molecule has 0 N–H and O–H groups in total. The van der Waals surface area contributed by atoms with Gasteiger partial charge in [-0.2, -0.15) is 0 Å². The van der Waals surface area contributed by atoms with Crippen LogP contribution in [0, 0.1) is 0 Å². The summed E-state index contributed by atoms with van der Waals surface area (Å²) >= 11 is 11.7. The predicted octanol–water partition coefficient (Wildman–Crippen LogP) is 2.91. The number of hydrogen-bond acceptors (Lipinski definition) is 3. The number of Topliss-reactive ketones (excluding diaryl/α,β-unsaturated/α-hetero) is 1. The molecule has 0 saturated carbocycles. The normalized spacial score (nSPS) is 15.3. The molecule has 0 amide bonds. The fourth-order valence-electron chi connectivity index (χ4n) is 1.44. The molecule has 0 aliphatic rings. The third-order valence-corrected chi connectivity index (χ3v) is 5.63. The highest BCUT2D eigenvalue weighted by molar-refractivity contribution is 7.94. The van der Waals surface area contributed by atoms with Crippen molar-refractivity contribution in [2.24, 2.45) is 0 Å². The van der Waals surface area contributed by atoms with Crippen LogP contribution in [0.15, 0.2) is 24.3 Å². The van der Waals surface area contributed by atoms with Gasteiger partial charge >= 0.3 is 0 Å². The van der Waals surface area contributed by atoms with Gasteiger partial charge in [-0.05, 0) is 18.6 Å². The number of sulfone groups is 1. The van der Waals surface area contributed by atoms with Crippen molar-refractivity contribution in [2.45, 2.75) is 17.6 Å². The van der Waals surface area contributed by atoms with Crippen molar-refractivity contribution in [1.82, 2.24) is 0 Å². The van der Waals surface area contributed by atoms with Crippen molar-refractivity contribution < 1.29 is 13.2 Å². The third-order valence-electron chi connectivity index (χ3n) is 2.47. The van der Waals surface area contributed by atoms with E-state index in [1.54, 1.807) is 19.1 Å². The summed E-state index contributed by atoms with van der Waals surface area (Å²) in [6, 6.07) is 6.07. The minimum Gasteiger partial charge on any atom is -0.291 e. The van der Waals surface area contributed by atoms with E-state index in [2.05, 4.69) is 0 Å². The van der Waals surface area contributed by atoms with Gasteiger partial charge in [-0.25, -0.2) is 8.42 Å². The molecule has 1 aromatic rings. The summed E-state index contributed by atoms with van der Waals surface area (Å²) in [5.41, 5.74) is 0.194. The van der Waals surface area contributed by atoms with E-state index in [4.69, 9.17) is 23.2 Å². The number of carbonyl (C=O) groups excluding carboxylic acids is 1. The molecule has 1 rings (SSSR count). The predicted molar refractivity (Wildman–Crippen MR) is 69.5 cm³/mol. The van der Waals surface area contributed by atoms with Crippen LogP contribution < -0.4 is 0 Å². The Morgan fingerprint density at radius 2 is 2.00 bits per heavy atom. The lowest BCUT2D eigenvalue weighted by Gasteiger charge is -2.21. The fraction of sp³-hybridized carbons (Fsp3) is 0.364. The minimum atomic E-state index is -3.70. The van der Waals surface area contributed by atoms with Crippen LogP contribution in [0.5, 0.6) is 0 Å². The molecule has 0 radical (unpaired) electrons. The Labute approximate surface area is 111 Å². The SMILES string of the molecule is CC[C@@](Cl)(C(=O)c1cccc(Cl)c1)S(C)(=O)=O. The van der Waals surface area contributed by atoms with Gasteiger partial charge in [0.05, 0.1) is 0 Å². The lowest BCUT2D eigenvalue weighted by Crippen LogP contribution is -2.40. The van der Waals surface area contributed by atoms with E-state index in [0.717, 1.165) is 6.26 Å². The summed E-state index contributed by atoms with van der Waals surface area (Å²) in [5, 5.41) is 0.361. The summed E-state index contributed by atoms with van der Waals surface area (Å²) in [6.07, 6.45) is 0.949. The van der Waals surface area contributed by atoms with Gasteiger partial charge < -0.3 is 0 Å². The van der Waals surface area contributed by atoms with E-state index in [1.165, 1.54) is 12.1 Å². The van der Waals surface area contributed by atoms with E-state index in [-0.39, 0.29) is 12.0 Å². The van der Waals surface area contributed by atoms with Crippen LogP contribution in [0.25, 0.3) is 0 Å². The van der Waals surface area contributed by atoms with Crippen molar-refractivity contribution in [2.75, 3.05) is 6.26 Å². The topological polar surface area (TPSA) is 51.2 Å². The van der Waals surface area contributed by atoms with Crippen LogP contribution in [0.1, 0.15) is 23.7 Å². The van der Waals surface area contributed by atoms with Crippen LogP contribution in [0.4, 0.5) is 0 Å². The van der Waals surface area contributed by atoms with Gasteiger partial charge in [-0.15, -0.1) is 0 Å². The molecule has 0 unspecified atom stereocenters. The second-order valence-corrected chi connectivity index (χ2v) is 7.24. The molecule has 0 bridgehead atoms. The maximum atomic E-state index is 12.1. The molecule has 1 aromatic carbocycles. The maximum absolute atomic E-state index is 12.1. The number of benzene rings is 1. The van der Waals surface area contributed by atoms with E-state index < -0.39 is 19.8 Å². The van der Waals surface area contributed by atoms with E-state index in [1.807, 2.05) is 0 Å². The molecule has 0 aliphatic heterocycles. The van der Waals surface area contributed by atoms with Crippen LogP contribution in [-0.2, 0) is 9.84 Å². The number of hydrogen-bond donors (Lipinski definition) is 0. The standard InChI is InChI=1S/C11H12Cl2O3S/c1-3-11(13,17(2,15)16)10(14)8-5-4-6-9(12)7-8/h4-7H,3H2,1-2H3/t11-/m0/s1. The molecule has 0 aromatic heterocycles. The Hall–Kier alpha value is -0.580. The number of ketones is 1. The lowest BCUT2D eigenvalue weighted by molar-refractivity contribution is 0.0970. The second-order valence-electron chi connectivity index (χ2n) is 3.69. The minimum absolute atomic E-state index is 0.00125. The summed E-state index contributed by atoms with van der Waals surface area (Å²) in [6.45, 7) is 1.55. The quantitative estimate of drug-likeness (QED) is 0.634. The maximum Gasteiger partial charge on any atom is 0.207 e. The molecule has 0 spiro atoms. The largest absolute Gasteiger partial charge is 0.291 e. The average Bonchev–Trinajstić information content (AvgIpc) is 2.25. The monoisotopic (exact) mass is 294 g/mol. The molecule has 1 atom stereocenters. The van der Waals surface area contributed by atoms with Crippen molar-refractivity contribution in [3.63, 3.8) is 0 Å². The first kappa shape index (κ1) is 14.5. The van der Waals surface area contributed by atoms with Crippen LogP contribution in [-0.4, -0.2) is 24.7 Å². The number of alkyl halides is 1. The average molecular weight is 295 g/mol. The van der Waals surface area contributed by atoms with Gasteiger partial charge in [0, 0.05) is 16.8 Å². The summed E-state index contributed by atoms with van der Waals surface area (Å²) in [4.78, 5) is 12.1. The Morgan fingerprint density at radius 3 is 2.41 bits per heavy atom. The number of rotatable bonds is 4. The van der Waals surface area contributed by atoms with Crippen molar-refractivity contribution in [1.29, 1.82) is 0 Å². The van der Waals surface area contributed by atoms with Crippen LogP contribution in [0.2, 0.25) is 5.02 Å². The zero-order chi connectivity index (χ0) is 13.3. The summed E-state index contributed by atoms with van der Waals surface area (Å²) in [7, 11) is -3.70. The van der Waals surface area contributed by atoms with Gasteiger partial charge in [0.15, 0.2) is 15.6 Å². The third kappa shape index (κ3) is 2.81. The molecular weight excluding hydrogens is 283 g/mol. The fourth-order valence-corrected chi connectivity index (χ4v) is 2.71. The smallest absolute Gasteiger partial charge is 0.207 e. The molecular formula is C11H12Cl2O3S. The first-order valence-corrected chi connectivity index (χ1v) is 7.56. The molecule has 94 valence electrons. The molecule has 0 heterocycles. The van der Waals surface area contributed by atoms with Crippen molar-refractivity contribution in [3.05, 3.63) is 34.9 Å². The van der Waals surface area contributed by atoms with Crippen molar-refractivity contribution in [3.8, 4) is 0 Å². The zero-order valence-corrected chi connectivity index (χ0v) is 11.7. The Morgan fingerprint density at radius 1 is 1.41 bits per heavy atom. The highest BCUT2D eigenvalue weighted by atomic mass is 35.5. The van der Waals surface area contributed by atoms with Crippen LogP contribution >= 0.6 is 23.2 Å². The Bertz CT molecular complexity index is 539. The van der Waals surface area contributed by atoms with Crippen molar-refractivity contribution >= 4 is 38.8 Å². The van der Waals surface area contributed by atoms with E-state index >= 15 is 0 Å². The van der Waals surface area contributed by atoms with Gasteiger partial charge in [0.25, 0.3) is 0 Å². The first-order valence-electron chi connectivity index (χ1n) is 4.91. The second kappa shape index (κ2) is 4.96. The molecule has 17 heavy (non-hydrogen) atoms. The molecule has 6 heteroatoms. The van der Waals surface area contributed by atoms with Crippen LogP contribution in [0.3, 0.4) is 0 Å². The number of halogens is 2. The van der Waals surface area contributed by atoms with Gasteiger partial charge in [0.1, 0.15) is 0 Å². The van der Waals surface area contributed by atoms with E-state index in [9.17, 15) is 13.2 Å². The number of carbonyl (C=O) groups is 1. The van der Waals surface area contributed by atoms with Gasteiger partial charge in [-0.3, -0.25) is 4.79 Å². The molecule has 3 nitrogen and oxygen atoms in total. The highest BCUT2D eigenvalue weighted by Crippen LogP contribution is 2.31. The molecule has 0 saturated heterocycles. The Kier molecular flexibility index (Phi) is 4.23. The summed E-state index contributed by atoms with van der Waals surface area (Å²) in [5.74, 6) is -0.647. The molecule has 0 fully saturated rings. The van der Waals surface area contributed by atoms with Gasteiger partial charge in [0.2, 0.25) is 4.21 Å². The summed E-state index contributed by atoms with van der Waals surface area (Å²) < 4.78 is 21.3. The molecule has 0 aliphatic carbocycles.